The highest BCUT2D eigenvalue weighted by atomic mass is 16.5. The fourth-order valence-corrected chi connectivity index (χ4v) is 2.09. The molecule has 3 aromatic rings. The van der Waals surface area contributed by atoms with Crippen LogP contribution in [0.2, 0.25) is 0 Å². The Hall–Kier alpha value is -2.74. The van der Waals surface area contributed by atoms with Gasteiger partial charge in [-0.05, 0) is 42.8 Å². The van der Waals surface area contributed by atoms with Crippen molar-refractivity contribution in [2.24, 2.45) is 0 Å². The first kappa shape index (κ1) is 13.3. The lowest BCUT2D eigenvalue weighted by molar-refractivity contribution is 0.479. The van der Waals surface area contributed by atoms with E-state index in [9.17, 15) is 0 Å². The highest BCUT2D eigenvalue weighted by molar-refractivity contribution is 5.62. The van der Waals surface area contributed by atoms with Gasteiger partial charge in [-0.15, -0.1) is 0 Å². The van der Waals surface area contributed by atoms with Crippen LogP contribution in [0.15, 0.2) is 78.9 Å². The molecular weight excluding hydrogens is 258 g/mol. The maximum atomic E-state index is 5.95. The number of ether oxygens (including phenoxy) is 1. The Morgan fingerprint density at radius 3 is 2.10 bits per heavy atom. The summed E-state index contributed by atoms with van der Waals surface area (Å²) in [7, 11) is 0. The second kappa shape index (κ2) is 6.14. The maximum Gasteiger partial charge on any atom is 0.132 e. The van der Waals surface area contributed by atoms with E-state index in [1.807, 2.05) is 73.7 Å². The molecule has 21 heavy (non-hydrogen) atoms. The lowest BCUT2D eigenvalue weighted by Crippen LogP contribution is -1.92. The fourth-order valence-electron chi connectivity index (χ4n) is 2.09. The van der Waals surface area contributed by atoms with Gasteiger partial charge in [0.15, 0.2) is 0 Å². The second-order valence-corrected chi connectivity index (χ2v) is 4.89. The Labute approximate surface area is 125 Å². The molecule has 0 bridgehead atoms. The Morgan fingerprint density at radius 2 is 1.38 bits per heavy atom. The quantitative estimate of drug-likeness (QED) is 0.675. The Bertz CT molecular complexity index is 708. The van der Waals surface area contributed by atoms with Gasteiger partial charge in [-0.2, -0.15) is 0 Å². The van der Waals surface area contributed by atoms with Gasteiger partial charge in [-0.3, -0.25) is 0 Å². The van der Waals surface area contributed by atoms with Gasteiger partial charge in [-0.25, -0.2) is 0 Å². The molecule has 0 aliphatic carbocycles. The molecular formula is C19H17NO. The van der Waals surface area contributed by atoms with E-state index < -0.39 is 0 Å². The first-order chi connectivity index (χ1) is 10.3. The monoisotopic (exact) mass is 275 g/mol. The van der Waals surface area contributed by atoms with Crippen LogP contribution in [0.25, 0.3) is 0 Å². The smallest absolute Gasteiger partial charge is 0.132 e. The lowest BCUT2D eigenvalue weighted by atomic mass is 10.2. The van der Waals surface area contributed by atoms with Crippen LogP contribution >= 0.6 is 0 Å². The highest BCUT2D eigenvalue weighted by Crippen LogP contribution is 2.29. The number of anilines is 2. The van der Waals surface area contributed by atoms with Crippen molar-refractivity contribution in [3.8, 4) is 11.5 Å². The van der Waals surface area contributed by atoms with Crippen molar-refractivity contribution < 1.29 is 4.74 Å². The molecule has 0 atom stereocenters. The van der Waals surface area contributed by atoms with Crippen LogP contribution in [0, 0.1) is 6.92 Å². The molecule has 0 amide bonds. The molecule has 0 saturated carbocycles. The van der Waals surface area contributed by atoms with Crippen molar-refractivity contribution in [2.45, 2.75) is 6.92 Å². The molecule has 2 nitrogen and oxygen atoms in total. The molecule has 0 aliphatic rings. The summed E-state index contributed by atoms with van der Waals surface area (Å²) in [6, 6.07) is 26.1. The van der Waals surface area contributed by atoms with Crippen LogP contribution in [0.1, 0.15) is 5.56 Å². The van der Waals surface area contributed by atoms with Crippen molar-refractivity contribution in [2.75, 3.05) is 5.32 Å². The third-order valence-corrected chi connectivity index (χ3v) is 3.22. The van der Waals surface area contributed by atoms with Gasteiger partial charge in [0.05, 0.1) is 0 Å². The number of para-hydroxylation sites is 2. The summed E-state index contributed by atoms with van der Waals surface area (Å²) < 4.78 is 5.95. The van der Waals surface area contributed by atoms with E-state index in [0.717, 1.165) is 28.4 Å². The van der Waals surface area contributed by atoms with E-state index >= 15 is 0 Å². The van der Waals surface area contributed by atoms with E-state index in [0.29, 0.717) is 0 Å². The minimum Gasteiger partial charge on any atom is -0.457 e. The Morgan fingerprint density at radius 1 is 0.714 bits per heavy atom. The summed E-state index contributed by atoms with van der Waals surface area (Å²) in [5.41, 5.74) is 3.18. The Kier molecular flexibility index (Phi) is 3.88. The van der Waals surface area contributed by atoms with E-state index in [4.69, 9.17) is 4.74 Å². The van der Waals surface area contributed by atoms with Crippen molar-refractivity contribution in [1.82, 2.24) is 0 Å². The zero-order valence-electron chi connectivity index (χ0n) is 11.9. The van der Waals surface area contributed by atoms with Crippen LogP contribution in [0.4, 0.5) is 11.4 Å². The molecule has 0 aliphatic heterocycles. The molecule has 104 valence electrons. The molecule has 0 unspecified atom stereocenters. The van der Waals surface area contributed by atoms with Gasteiger partial charge in [-0.1, -0.05) is 42.5 Å². The molecule has 0 aromatic heterocycles. The van der Waals surface area contributed by atoms with Gasteiger partial charge in [0.1, 0.15) is 11.5 Å². The van der Waals surface area contributed by atoms with Crippen molar-refractivity contribution in [3.63, 3.8) is 0 Å². The molecule has 1 N–H and O–H groups in total. The molecule has 0 heterocycles. The molecule has 0 radical (unpaired) electrons. The van der Waals surface area contributed by atoms with E-state index in [-0.39, 0.29) is 0 Å². The summed E-state index contributed by atoms with van der Waals surface area (Å²) in [5.74, 6) is 1.71. The highest BCUT2D eigenvalue weighted by Gasteiger charge is 2.03. The van der Waals surface area contributed by atoms with E-state index in [1.54, 1.807) is 0 Å². The van der Waals surface area contributed by atoms with Crippen molar-refractivity contribution in [3.05, 3.63) is 84.4 Å². The van der Waals surface area contributed by atoms with Crippen LogP contribution in [-0.4, -0.2) is 0 Å². The third-order valence-electron chi connectivity index (χ3n) is 3.22. The number of hydrogen-bond donors (Lipinski definition) is 1. The van der Waals surface area contributed by atoms with Gasteiger partial charge < -0.3 is 10.1 Å². The third kappa shape index (κ3) is 3.42. The van der Waals surface area contributed by atoms with Crippen LogP contribution in [-0.2, 0) is 0 Å². The zero-order chi connectivity index (χ0) is 14.5. The molecule has 3 rings (SSSR count). The molecule has 0 fully saturated rings. The zero-order valence-corrected chi connectivity index (χ0v) is 11.9. The van der Waals surface area contributed by atoms with Gasteiger partial charge in [0, 0.05) is 17.4 Å². The summed E-state index contributed by atoms with van der Waals surface area (Å²) in [5, 5.41) is 3.38. The molecule has 3 aromatic carbocycles. The predicted octanol–water partition coefficient (Wildman–Crippen LogP) is 5.53. The number of rotatable bonds is 4. The van der Waals surface area contributed by atoms with Crippen LogP contribution in [0.3, 0.4) is 0 Å². The second-order valence-electron chi connectivity index (χ2n) is 4.89. The van der Waals surface area contributed by atoms with Gasteiger partial charge in [0.25, 0.3) is 0 Å². The first-order valence-corrected chi connectivity index (χ1v) is 6.97. The van der Waals surface area contributed by atoms with E-state index in [2.05, 4.69) is 17.4 Å². The summed E-state index contributed by atoms with van der Waals surface area (Å²) in [6.07, 6.45) is 0. The average Bonchev–Trinajstić information content (AvgIpc) is 2.53. The van der Waals surface area contributed by atoms with Crippen LogP contribution in [0.5, 0.6) is 11.5 Å². The normalized spacial score (nSPS) is 10.1. The molecule has 0 spiro atoms. The average molecular weight is 275 g/mol. The largest absolute Gasteiger partial charge is 0.457 e. The number of hydrogen-bond acceptors (Lipinski definition) is 2. The molecule has 2 heteroatoms. The SMILES string of the molecule is Cc1ccc(Nc2ccccc2)cc1Oc1ccccc1. The minimum absolute atomic E-state index is 0.845. The predicted molar refractivity (Wildman–Crippen MR) is 87.4 cm³/mol. The topological polar surface area (TPSA) is 21.3 Å². The van der Waals surface area contributed by atoms with Gasteiger partial charge in [0.2, 0.25) is 0 Å². The van der Waals surface area contributed by atoms with E-state index in [1.165, 1.54) is 0 Å². The van der Waals surface area contributed by atoms with Gasteiger partial charge >= 0.3 is 0 Å². The number of nitrogens with one attached hydrogen (secondary N) is 1. The summed E-state index contributed by atoms with van der Waals surface area (Å²) in [4.78, 5) is 0. The standard InChI is InChI=1S/C19H17NO/c1-15-12-13-17(20-16-8-4-2-5-9-16)14-19(15)21-18-10-6-3-7-11-18/h2-14,20H,1H3. The summed E-state index contributed by atoms with van der Waals surface area (Å²) in [6.45, 7) is 2.05. The first-order valence-electron chi connectivity index (χ1n) is 6.97. The van der Waals surface area contributed by atoms with Crippen LogP contribution < -0.4 is 10.1 Å². The summed E-state index contributed by atoms with van der Waals surface area (Å²) >= 11 is 0. The minimum atomic E-state index is 0.845. The Balaban J connectivity index is 1.83. The van der Waals surface area contributed by atoms with Crippen molar-refractivity contribution in [1.29, 1.82) is 0 Å². The lowest BCUT2D eigenvalue weighted by Gasteiger charge is -2.12. The number of aryl methyl sites for hydroxylation is 1. The van der Waals surface area contributed by atoms with Crippen molar-refractivity contribution >= 4 is 11.4 Å². The molecule has 0 saturated heterocycles. The maximum absolute atomic E-state index is 5.95. The number of benzene rings is 3. The fraction of sp³-hybridized carbons (Fsp3) is 0.0526.